The largest absolute Gasteiger partial charge is 0.493 e. The van der Waals surface area contributed by atoms with Crippen LogP contribution in [0, 0.1) is 6.92 Å². The van der Waals surface area contributed by atoms with Crippen molar-refractivity contribution in [1.82, 2.24) is 4.98 Å². The van der Waals surface area contributed by atoms with Crippen molar-refractivity contribution >= 4 is 22.5 Å². The number of H-pyrrole nitrogens is 1. The van der Waals surface area contributed by atoms with Gasteiger partial charge in [-0.3, -0.25) is 4.79 Å². The molecular formula is C22H26N2O4. The molecule has 0 atom stereocenters. The maximum Gasteiger partial charge on any atom is 0.257 e. The van der Waals surface area contributed by atoms with Crippen molar-refractivity contribution in [3.05, 3.63) is 47.2 Å². The topological polar surface area (TPSA) is 72.6 Å². The van der Waals surface area contributed by atoms with Crippen molar-refractivity contribution in [2.45, 2.75) is 26.7 Å². The first-order valence-electron chi connectivity index (χ1n) is 9.13. The zero-order chi connectivity index (χ0) is 20.4. The van der Waals surface area contributed by atoms with Gasteiger partial charge in [0.25, 0.3) is 5.91 Å². The van der Waals surface area contributed by atoms with Gasteiger partial charge in [-0.15, -0.1) is 0 Å². The summed E-state index contributed by atoms with van der Waals surface area (Å²) in [4.78, 5) is 16.3. The smallest absolute Gasteiger partial charge is 0.257 e. The third-order valence-corrected chi connectivity index (χ3v) is 4.88. The number of rotatable bonds is 6. The number of benzene rings is 2. The molecule has 0 aliphatic rings. The van der Waals surface area contributed by atoms with Crippen LogP contribution in [0.5, 0.6) is 17.2 Å². The van der Waals surface area contributed by atoms with Crippen LogP contribution in [0.3, 0.4) is 0 Å². The molecule has 0 fully saturated rings. The fraction of sp³-hybridized carbons (Fsp3) is 0.318. The van der Waals surface area contributed by atoms with E-state index < -0.39 is 0 Å². The van der Waals surface area contributed by atoms with E-state index >= 15 is 0 Å². The molecule has 6 heteroatoms. The molecule has 0 aliphatic heterocycles. The molecule has 1 amide bonds. The second-order valence-electron chi connectivity index (χ2n) is 6.92. The molecule has 0 saturated carbocycles. The molecule has 0 spiro atoms. The molecule has 2 aromatic carbocycles. The van der Waals surface area contributed by atoms with E-state index in [-0.39, 0.29) is 11.8 Å². The molecule has 2 N–H and O–H groups in total. The maximum atomic E-state index is 13.2. The van der Waals surface area contributed by atoms with Crippen LogP contribution in [0.4, 0.5) is 5.69 Å². The van der Waals surface area contributed by atoms with E-state index in [4.69, 9.17) is 14.2 Å². The summed E-state index contributed by atoms with van der Waals surface area (Å²) in [5, 5.41) is 3.74. The number of ether oxygens (including phenoxy) is 3. The lowest BCUT2D eigenvalue weighted by atomic mass is 9.98. The van der Waals surface area contributed by atoms with E-state index in [1.165, 1.54) is 0 Å². The summed E-state index contributed by atoms with van der Waals surface area (Å²) in [5.74, 6) is 1.51. The third kappa shape index (κ3) is 3.26. The minimum Gasteiger partial charge on any atom is -0.493 e. The summed E-state index contributed by atoms with van der Waals surface area (Å²) in [5.41, 5.74) is 4.17. The average molecular weight is 382 g/mol. The van der Waals surface area contributed by atoms with Gasteiger partial charge in [0, 0.05) is 18.0 Å². The molecule has 1 heterocycles. The zero-order valence-corrected chi connectivity index (χ0v) is 17.1. The fourth-order valence-electron chi connectivity index (χ4n) is 3.46. The summed E-state index contributed by atoms with van der Waals surface area (Å²) in [6.07, 6.45) is 1.68. The number of methoxy groups -OCH3 is 3. The number of carbonyl (C=O) groups is 1. The Morgan fingerprint density at radius 2 is 1.79 bits per heavy atom. The van der Waals surface area contributed by atoms with Crippen LogP contribution < -0.4 is 19.5 Å². The molecule has 1 aromatic heterocycles. The first-order chi connectivity index (χ1) is 13.4. The van der Waals surface area contributed by atoms with Gasteiger partial charge in [-0.05, 0) is 24.0 Å². The predicted molar refractivity (Wildman–Crippen MR) is 111 cm³/mol. The van der Waals surface area contributed by atoms with Gasteiger partial charge in [-0.1, -0.05) is 32.0 Å². The number of anilines is 1. The van der Waals surface area contributed by atoms with Gasteiger partial charge >= 0.3 is 0 Å². The Morgan fingerprint density at radius 1 is 1.07 bits per heavy atom. The summed E-state index contributed by atoms with van der Waals surface area (Å²) < 4.78 is 16.4. The highest BCUT2D eigenvalue weighted by Gasteiger charge is 2.23. The highest BCUT2D eigenvalue weighted by molar-refractivity contribution is 6.15. The molecule has 0 radical (unpaired) electrons. The Bertz CT molecular complexity index is 1020. The van der Waals surface area contributed by atoms with E-state index in [0.29, 0.717) is 28.2 Å². The molecule has 0 aliphatic carbocycles. The second kappa shape index (κ2) is 7.84. The standard InChI is InChI=1S/C22H26N2O4/c1-12(2)14-9-7-8-13(3)19(14)24-22(25)15-11-23-16-10-17(26-4)20(27-5)21(28-6)18(15)16/h7-12,23H,1-6H3,(H,24,25). The molecule has 6 nitrogen and oxygen atoms in total. The maximum absolute atomic E-state index is 13.2. The lowest BCUT2D eigenvalue weighted by Crippen LogP contribution is -2.14. The monoisotopic (exact) mass is 382 g/mol. The van der Waals surface area contributed by atoms with Gasteiger partial charge in [0.05, 0.1) is 37.8 Å². The van der Waals surface area contributed by atoms with Crippen molar-refractivity contribution in [1.29, 1.82) is 0 Å². The van der Waals surface area contributed by atoms with Gasteiger partial charge in [0.1, 0.15) is 0 Å². The van der Waals surface area contributed by atoms with E-state index in [0.717, 1.165) is 22.3 Å². The number of nitrogens with one attached hydrogen (secondary N) is 2. The Hall–Kier alpha value is -3.15. The SMILES string of the molecule is COc1cc2[nH]cc(C(=O)Nc3c(C)cccc3C(C)C)c2c(OC)c1OC. The van der Waals surface area contributed by atoms with Gasteiger partial charge in [-0.2, -0.15) is 0 Å². The van der Waals surface area contributed by atoms with Crippen LogP contribution in [0.1, 0.15) is 41.3 Å². The van der Waals surface area contributed by atoms with Crippen LogP contribution in [0.15, 0.2) is 30.5 Å². The first-order valence-corrected chi connectivity index (χ1v) is 9.13. The third-order valence-electron chi connectivity index (χ3n) is 4.88. The summed E-state index contributed by atoms with van der Waals surface area (Å²) in [6.45, 7) is 6.21. The van der Waals surface area contributed by atoms with E-state index in [1.54, 1.807) is 33.6 Å². The lowest BCUT2D eigenvalue weighted by molar-refractivity contribution is 0.102. The van der Waals surface area contributed by atoms with Crippen LogP contribution in [-0.2, 0) is 0 Å². The number of para-hydroxylation sites is 1. The van der Waals surface area contributed by atoms with Gasteiger partial charge in [-0.25, -0.2) is 0 Å². The quantitative estimate of drug-likeness (QED) is 0.637. The number of aryl methyl sites for hydroxylation is 1. The van der Waals surface area contributed by atoms with Crippen molar-refractivity contribution in [2.75, 3.05) is 26.6 Å². The number of aromatic nitrogens is 1. The van der Waals surface area contributed by atoms with Crippen molar-refractivity contribution < 1.29 is 19.0 Å². The van der Waals surface area contributed by atoms with E-state index in [9.17, 15) is 4.79 Å². The summed E-state index contributed by atoms with van der Waals surface area (Å²) >= 11 is 0. The first kappa shape index (κ1) is 19.6. The summed E-state index contributed by atoms with van der Waals surface area (Å²) in [6, 6.07) is 7.83. The minimum atomic E-state index is -0.215. The molecule has 3 aromatic rings. The van der Waals surface area contributed by atoms with Crippen LogP contribution in [0.25, 0.3) is 10.9 Å². The van der Waals surface area contributed by atoms with Crippen molar-refractivity contribution in [3.8, 4) is 17.2 Å². The molecule has 0 bridgehead atoms. The number of carbonyl (C=O) groups excluding carboxylic acids is 1. The van der Waals surface area contributed by atoms with Crippen molar-refractivity contribution in [2.24, 2.45) is 0 Å². The number of hydrogen-bond acceptors (Lipinski definition) is 4. The molecule has 28 heavy (non-hydrogen) atoms. The lowest BCUT2D eigenvalue weighted by Gasteiger charge is -2.17. The number of amides is 1. The van der Waals surface area contributed by atoms with Gasteiger partial charge in [0.2, 0.25) is 5.75 Å². The fourth-order valence-corrected chi connectivity index (χ4v) is 3.46. The van der Waals surface area contributed by atoms with E-state index in [1.807, 2.05) is 25.1 Å². The average Bonchev–Trinajstić information content (AvgIpc) is 3.11. The highest BCUT2D eigenvalue weighted by atomic mass is 16.5. The Balaban J connectivity index is 2.12. The zero-order valence-electron chi connectivity index (χ0n) is 17.1. The molecular weight excluding hydrogens is 356 g/mol. The molecule has 148 valence electrons. The van der Waals surface area contributed by atoms with Gasteiger partial charge in [0.15, 0.2) is 11.5 Å². The Kier molecular flexibility index (Phi) is 5.49. The van der Waals surface area contributed by atoms with Crippen molar-refractivity contribution in [3.63, 3.8) is 0 Å². The molecule has 3 rings (SSSR count). The normalized spacial score (nSPS) is 11.0. The second-order valence-corrected chi connectivity index (χ2v) is 6.92. The Morgan fingerprint density at radius 3 is 2.39 bits per heavy atom. The predicted octanol–water partition coefficient (Wildman–Crippen LogP) is 4.88. The number of fused-ring (bicyclic) bond motifs is 1. The molecule has 0 saturated heterocycles. The number of hydrogen-bond donors (Lipinski definition) is 2. The van der Waals surface area contributed by atoms with E-state index in [2.05, 4.69) is 24.1 Å². The van der Waals surface area contributed by atoms with Crippen LogP contribution >= 0.6 is 0 Å². The van der Waals surface area contributed by atoms with Crippen LogP contribution in [-0.4, -0.2) is 32.2 Å². The van der Waals surface area contributed by atoms with Crippen LogP contribution in [0.2, 0.25) is 0 Å². The summed E-state index contributed by atoms with van der Waals surface area (Å²) in [7, 11) is 4.65. The highest BCUT2D eigenvalue weighted by Crippen LogP contribution is 2.44. The minimum absolute atomic E-state index is 0.215. The molecule has 0 unspecified atom stereocenters. The Labute approximate surface area is 164 Å². The van der Waals surface area contributed by atoms with Gasteiger partial charge < -0.3 is 24.5 Å². The number of aromatic amines is 1.